The quantitative estimate of drug-likeness (QED) is 0.675. The highest BCUT2D eigenvalue weighted by molar-refractivity contribution is 6.30. The maximum absolute atomic E-state index is 13.6. The molecule has 2 aromatic rings. The van der Waals surface area contributed by atoms with Crippen molar-refractivity contribution in [3.8, 4) is 0 Å². The smallest absolute Gasteiger partial charge is 0.292 e. The summed E-state index contributed by atoms with van der Waals surface area (Å²) in [5.41, 5.74) is 1.45. The summed E-state index contributed by atoms with van der Waals surface area (Å²) in [6.45, 7) is 1.89. The molecule has 0 spiro atoms. The van der Waals surface area contributed by atoms with Gasteiger partial charge in [-0.2, -0.15) is 0 Å². The van der Waals surface area contributed by atoms with Crippen molar-refractivity contribution < 1.29 is 9.31 Å². The Labute approximate surface area is 120 Å². The van der Waals surface area contributed by atoms with Crippen LogP contribution in [-0.4, -0.2) is 4.92 Å². The summed E-state index contributed by atoms with van der Waals surface area (Å²) in [6.07, 6.45) is 0. The predicted molar refractivity (Wildman–Crippen MR) is 76.6 cm³/mol. The van der Waals surface area contributed by atoms with Crippen molar-refractivity contribution in [2.24, 2.45) is 0 Å². The standard InChI is InChI=1S/C14H12ClFN2O2/c1-9-2-5-13(14(6-9)18(19)20)17-8-10-7-11(15)3-4-12(10)16/h2-7,17H,8H2,1H3. The van der Waals surface area contributed by atoms with Crippen LogP contribution in [-0.2, 0) is 6.54 Å². The Kier molecular flexibility index (Phi) is 4.20. The van der Waals surface area contributed by atoms with Crippen LogP contribution in [0.5, 0.6) is 0 Å². The molecule has 0 saturated carbocycles. The van der Waals surface area contributed by atoms with Crippen LogP contribution in [0.4, 0.5) is 15.8 Å². The molecule has 0 bridgehead atoms. The normalized spacial score (nSPS) is 10.3. The fourth-order valence-electron chi connectivity index (χ4n) is 1.81. The minimum Gasteiger partial charge on any atom is -0.375 e. The highest BCUT2D eigenvalue weighted by Gasteiger charge is 2.14. The first-order chi connectivity index (χ1) is 9.47. The molecule has 0 aliphatic rings. The summed E-state index contributed by atoms with van der Waals surface area (Å²) in [5, 5.41) is 14.3. The molecular weight excluding hydrogens is 283 g/mol. The first kappa shape index (κ1) is 14.3. The van der Waals surface area contributed by atoms with Crippen LogP contribution in [0.3, 0.4) is 0 Å². The summed E-state index contributed by atoms with van der Waals surface area (Å²) in [4.78, 5) is 10.5. The van der Waals surface area contributed by atoms with Crippen molar-refractivity contribution in [3.63, 3.8) is 0 Å². The van der Waals surface area contributed by atoms with E-state index in [-0.39, 0.29) is 12.2 Å². The van der Waals surface area contributed by atoms with E-state index in [0.29, 0.717) is 16.3 Å². The lowest BCUT2D eigenvalue weighted by molar-refractivity contribution is -0.384. The van der Waals surface area contributed by atoms with E-state index in [1.165, 1.54) is 24.3 Å². The van der Waals surface area contributed by atoms with Crippen LogP contribution < -0.4 is 5.32 Å². The first-order valence-corrected chi connectivity index (χ1v) is 6.28. The van der Waals surface area contributed by atoms with E-state index in [0.717, 1.165) is 5.56 Å². The molecule has 6 heteroatoms. The van der Waals surface area contributed by atoms with Gasteiger partial charge in [0, 0.05) is 23.2 Å². The number of nitrogens with one attached hydrogen (secondary N) is 1. The van der Waals surface area contributed by atoms with Gasteiger partial charge >= 0.3 is 0 Å². The molecule has 0 fully saturated rings. The number of halogens is 2. The SMILES string of the molecule is Cc1ccc(NCc2cc(Cl)ccc2F)c([N+](=O)[O-])c1. The largest absolute Gasteiger partial charge is 0.375 e. The van der Waals surface area contributed by atoms with Crippen LogP contribution in [0.15, 0.2) is 36.4 Å². The molecule has 0 radical (unpaired) electrons. The summed E-state index contributed by atoms with van der Waals surface area (Å²) in [6, 6.07) is 9.04. The monoisotopic (exact) mass is 294 g/mol. The zero-order chi connectivity index (χ0) is 14.7. The second-order valence-corrected chi connectivity index (χ2v) is 4.80. The van der Waals surface area contributed by atoms with Crippen molar-refractivity contribution in [3.05, 3.63) is 68.5 Å². The van der Waals surface area contributed by atoms with Gasteiger partial charge in [-0.1, -0.05) is 17.7 Å². The number of hydrogen-bond acceptors (Lipinski definition) is 3. The molecule has 2 aromatic carbocycles. The number of nitro groups is 1. The third-order valence-corrected chi connectivity index (χ3v) is 3.06. The zero-order valence-electron chi connectivity index (χ0n) is 10.7. The Morgan fingerprint density at radius 1 is 1.30 bits per heavy atom. The maximum atomic E-state index is 13.6. The fraction of sp³-hybridized carbons (Fsp3) is 0.143. The number of aryl methyl sites for hydroxylation is 1. The maximum Gasteiger partial charge on any atom is 0.292 e. The van der Waals surface area contributed by atoms with Crippen LogP contribution >= 0.6 is 11.6 Å². The molecule has 104 valence electrons. The van der Waals surface area contributed by atoms with E-state index in [2.05, 4.69) is 5.32 Å². The number of hydrogen-bond donors (Lipinski definition) is 1. The third kappa shape index (κ3) is 3.24. The second kappa shape index (κ2) is 5.88. The summed E-state index contributed by atoms with van der Waals surface area (Å²) >= 11 is 5.80. The molecule has 4 nitrogen and oxygen atoms in total. The van der Waals surface area contributed by atoms with Crippen molar-refractivity contribution >= 4 is 23.0 Å². The van der Waals surface area contributed by atoms with E-state index in [9.17, 15) is 14.5 Å². The lowest BCUT2D eigenvalue weighted by Crippen LogP contribution is -2.04. The van der Waals surface area contributed by atoms with Gasteiger partial charge < -0.3 is 5.32 Å². The summed E-state index contributed by atoms with van der Waals surface area (Å²) in [5.74, 6) is -0.406. The van der Waals surface area contributed by atoms with Gasteiger partial charge in [0.1, 0.15) is 11.5 Å². The lowest BCUT2D eigenvalue weighted by Gasteiger charge is -2.09. The first-order valence-electron chi connectivity index (χ1n) is 5.90. The van der Waals surface area contributed by atoms with Crippen LogP contribution in [0.25, 0.3) is 0 Å². The van der Waals surface area contributed by atoms with Gasteiger partial charge in [-0.3, -0.25) is 10.1 Å². The Bertz CT molecular complexity index is 662. The molecule has 0 heterocycles. The Hall–Kier alpha value is -2.14. The van der Waals surface area contributed by atoms with E-state index in [1.54, 1.807) is 19.1 Å². The molecule has 0 aromatic heterocycles. The van der Waals surface area contributed by atoms with Gasteiger partial charge in [0.05, 0.1) is 4.92 Å². The van der Waals surface area contributed by atoms with Crippen molar-refractivity contribution in [2.75, 3.05) is 5.32 Å². The molecule has 0 saturated heterocycles. The lowest BCUT2D eigenvalue weighted by atomic mass is 10.1. The molecule has 0 atom stereocenters. The van der Waals surface area contributed by atoms with E-state index in [1.807, 2.05) is 0 Å². The molecule has 20 heavy (non-hydrogen) atoms. The Morgan fingerprint density at radius 2 is 2.05 bits per heavy atom. The van der Waals surface area contributed by atoms with Crippen LogP contribution in [0.1, 0.15) is 11.1 Å². The third-order valence-electron chi connectivity index (χ3n) is 2.83. The van der Waals surface area contributed by atoms with Gasteiger partial charge in [0.15, 0.2) is 0 Å². The average molecular weight is 295 g/mol. The van der Waals surface area contributed by atoms with Gasteiger partial charge in [-0.25, -0.2) is 4.39 Å². The molecule has 0 aliphatic carbocycles. The number of nitrogens with zero attached hydrogens (tertiary/aromatic N) is 1. The van der Waals surface area contributed by atoms with Gasteiger partial charge in [0.25, 0.3) is 5.69 Å². The average Bonchev–Trinajstić information content (AvgIpc) is 2.40. The predicted octanol–water partition coefficient (Wildman–Crippen LogP) is 4.31. The number of anilines is 1. The Balaban J connectivity index is 2.23. The minimum absolute atomic E-state index is 0.0348. The fourth-order valence-corrected chi connectivity index (χ4v) is 2.01. The summed E-state index contributed by atoms with van der Waals surface area (Å²) in [7, 11) is 0. The van der Waals surface area contributed by atoms with Gasteiger partial charge in [0.2, 0.25) is 0 Å². The Morgan fingerprint density at radius 3 is 2.75 bits per heavy atom. The molecule has 0 aliphatic heterocycles. The highest BCUT2D eigenvalue weighted by atomic mass is 35.5. The van der Waals surface area contributed by atoms with Crippen molar-refractivity contribution in [2.45, 2.75) is 13.5 Å². The van der Waals surface area contributed by atoms with E-state index < -0.39 is 10.7 Å². The topological polar surface area (TPSA) is 55.2 Å². The molecule has 0 unspecified atom stereocenters. The molecule has 1 N–H and O–H groups in total. The molecule has 0 amide bonds. The van der Waals surface area contributed by atoms with Crippen LogP contribution in [0.2, 0.25) is 5.02 Å². The van der Waals surface area contributed by atoms with E-state index in [4.69, 9.17) is 11.6 Å². The molecular formula is C14H12ClFN2O2. The number of nitro benzene ring substituents is 1. The molecule has 2 rings (SSSR count). The van der Waals surface area contributed by atoms with Gasteiger partial charge in [-0.15, -0.1) is 0 Å². The van der Waals surface area contributed by atoms with E-state index >= 15 is 0 Å². The summed E-state index contributed by atoms with van der Waals surface area (Å²) < 4.78 is 13.6. The number of benzene rings is 2. The van der Waals surface area contributed by atoms with Crippen LogP contribution in [0, 0.1) is 22.9 Å². The number of rotatable bonds is 4. The second-order valence-electron chi connectivity index (χ2n) is 4.37. The van der Waals surface area contributed by atoms with Gasteiger partial charge in [-0.05, 0) is 36.8 Å². The van der Waals surface area contributed by atoms with Crippen molar-refractivity contribution in [1.29, 1.82) is 0 Å². The van der Waals surface area contributed by atoms with Crippen molar-refractivity contribution in [1.82, 2.24) is 0 Å². The zero-order valence-corrected chi connectivity index (χ0v) is 11.4. The minimum atomic E-state index is -0.469. The highest BCUT2D eigenvalue weighted by Crippen LogP contribution is 2.26.